The van der Waals surface area contributed by atoms with Crippen molar-refractivity contribution in [2.24, 2.45) is 0 Å². The number of benzene rings is 1. The molecule has 5 heteroatoms. The fraction of sp³-hybridized carbons (Fsp3) is 0.375. The van der Waals surface area contributed by atoms with Gasteiger partial charge < -0.3 is 9.47 Å². The number of nitrogens with zero attached hydrogens (tertiary/aromatic N) is 2. The van der Waals surface area contributed by atoms with Gasteiger partial charge in [0.05, 0.1) is 31.4 Å². The molecule has 108 valence electrons. The molecule has 5 nitrogen and oxygen atoms in total. The quantitative estimate of drug-likeness (QED) is 0.835. The second-order valence-electron chi connectivity index (χ2n) is 5.21. The molecular weight excluding hydrogens is 268 g/mol. The van der Waals surface area contributed by atoms with Crippen molar-refractivity contribution < 1.29 is 14.3 Å². The predicted octanol–water partition coefficient (Wildman–Crippen LogP) is 2.25. The minimum absolute atomic E-state index is 0.105. The van der Waals surface area contributed by atoms with Gasteiger partial charge in [0.25, 0.3) is 0 Å². The molecule has 1 aromatic carbocycles. The molecule has 2 bridgehead atoms. The Morgan fingerprint density at radius 3 is 2.90 bits per heavy atom. The Labute approximate surface area is 123 Å². The normalized spacial score (nSPS) is 24.0. The van der Waals surface area contributed by atoms with E-state index >= 15 is 0 Å². The third-order valence-corrected chi connectivity index (χ3v) is 3.76. The molecule has 2 heterocycles. The standard InChI is InChI=1S/C16H16N2O3/c17-8-13-6-14-10-20-11-15(7-13)18(14)16(19)21-9-12-4-2-1-3-5-12/h1-6,14-15H,7,9-11H2. The summed E-state index contributed by atoms with van der Waals surface area (Å²) in [6.45, 7) is 1.13. The van der Waals surface area contributed by atoms with Gasteiger partial charge in [0.2, 0.25) is 0 Å². The number of rotatable bonds is 2. The zero-order chi connectivity index (χ0) is 14.7. The van der Waals surface area contributed by atoms with Gasteiger partial charge in [0.1, 0.15) is 6.61 Å². The van der Waals surface area contributed by atoms with E-state index in [0.29, 0.717) is 19.6 Å². The molecule has 3 rings (SSSR count). The van der Waals surface area contributed by atoms with E-state index in [1.165, 1.54) is 0 Å². The Bertz CT molecular complexity index is 591. The van der Waals surface area contributed by atoms with Crippen LogP contribution in [0, 0.1) is 11.3 Å². The summed E-state index contributed by atoms with van der Waals surface area (Å²) in [4.78, 5) is 14.0. The number of nitriles is 1. The lowest BCUT2D eigenvalue weighted by Crippen LogP contribution is -2.56. The van der Waals surface area contributed by atoms with Gasteiger partial charge in [-0.3, -0.25) is 4.90 Å². The minimum atomic E-state index is -0.342. The van der Waals surface area contributed by atoms with Gasteiger partial charge in [-0.15, -0.1) is 0 Å². The van der Waals surface area contributed by atoms with E-state index in [1.807, 2.05) is 30.3 Å². The highest BCUT2D eigenvalue weighted by atomic mass is 16.6. The Morgan fingerprint density at radius 2 is 2.19 bits per heavy atom. The molecule has 2 unspecified atom stereocenters. The van der Waals surface area contributed by atoms with E-state index in [0.717, 1.165) is 11.1 Å². The fourth-order valence-electron chi connectivity index (χ4n) is 2.76. The summed E-state index contributed by atoms with van der Waals surface area (Å²) in [5, 5.41) is 9.03. The van der Waals surface area contributed by atoms with Crippen molar-refractivity contribution in [1.29, 1.82) is 5.26 Å². The molecular formula is C16H16N2O3. The molecule has 0 aromatic heterocycles. The third-order valence-electron chi connectivity index (χ3n) is 3.76. The van der Waals surface area contributed by atoms with Crippen LogP contribution in [0.15, 0.2) is 42.0 Å². The van der Waals surface area contributed by atoms with Crippen molar-refractivity contribution in [2.75, 3.05) is 13.2 Å². The number of carbonyl (C=O) groups is 1. The number of fused-ring (bicyclic) bond motifs is 2. The lowest BCUT2D eigenvalue weighted by Gasteiger charge is -2.42. The predicted molar refractivity (Wildman–Crippen MR) is 75.2 cm³/mol. The van der Waals surface area contributed by atoms with Gasteiger partial charge >= 0.3 is 6.09 Å². The van der Waals surface area contributed by atoms with Crippen LogP contribution in [-0.2, 0) is 16.1 Å². The van der Waals surface area contributed by atoms with E-state index in [2.05, 4.69) is 6.07 Å². The van der Waals surface area contributed by atoms with Gasteiger partial charge in [-0.25, -0.2) is 4.79 Å². The number of amides is 1. The van der Waals surface area contributed by atoms with E-state index in [9.17, 15) is 4.79 Å². The maximum Gasteiger partial charge on any atom is 0.411 e. The van der Waals surface area contributed by atoms with E-state index < -0.39 is 0 Å². The van der Waals surface area contributed by atoms with E-state index in [-0.39, 0.29) is 24.8 Å². The van der Waals surface area contributed by atoms with Crippen LogP contribution in [0.5, 0.6) is 0 Å². The molecule has 1 amide bonds. The van der Waals surface area contributed by atoms with E-state index in [1.54, 1.807) is 11.0 Å². The summed E-state index contributed by atoms with van der Waals surface area (Å²) in [7, 11) is 0. The van der Waals surface area contributed by atoms with Crippen LogP contribution in [0.3, 0.4) is 0 Å². The lowest BCUT2D eigenvalue weighted by molar-refractivity contribution is -0.0366. The van der Waals surface area contributed by atoms with Crippen molar-refractivity contribution in [2.45, 2.75) is 25.1 Å². The monoisotopic (exact) mass is 284 g/mol. The summed E-state index contributed by atoms with van der Waals surface area (Å²) < 4.78 is 10.9. The summed E-state index contributed by atoms with van der Waals surface area (Å²) >= 11 is 0. The first-order valence-electron chi connectivity index (χ1n) is 6.95. The molecule has 0 saturated carbocycles. The zero-order valence-corrected chi connectivity index (χ0v) is 11.6. The van der Waals surface area contributed by atoms with Crippen LogP contribution in [0.25, 0.3) is 0 Å². The van der Waals surface area contributed by atoms with Gasteiger partial charge in [0, 0.05) is 12.0 Å². The number of ether oxygens (including phenoxy) is 2. The average Bonchev–Trinajstić information content (AvgIpc) is 2.52. The molecule has 1 aromatic rings. The molecule has 21 heavy (non-hydrogen) atoms. The van der Waals surface area contributed by atoms with Gasteiger partial charge in [-0.2, -0.15) is 5.26 Å². The topological polar surface area (TPSA) is 62.6 Å². The minimum Gasteiger partial charge on any atom is -0.445 e. The highest BCUT2D eigenvalue weighted by Crippen LogP contribution is 2.27. The maximum absolute atomic E-state index is 12.3. The summed E-state index contributed by atoms with van der Waals surface area (Å²) in [5.74, 6) is 0. The lowest BCUT2D eigenvalue weighted by atomic mass is 9.95. The first kappa shape index (κ1) is 13.7. The second-order valence-corrected chi connectivity index (χ2v) is 5.21. The van der Waals surface area contributed by atoms with E-state index in [4.69, 9.17) is 14.7 Å². The van der Waals surface area contributed by atoms with Crippen molar-refractivity contribution in [1.82, 2.24) is 4.90 Å². The number of hydrogen-bond acceptors (Lipinski definition) is 4. The van der Waals surface area contributed by atoms with Crippen LogP contribution in [-0.4, -0.2) is 36.3 Å². The summed E-state index contributed by atoms with van der Waals surface area (Å²) in [5.41, 5.74) is 1.68. The highest BCUT2D eigenvalue weighted by Gasteiger charge is 2.38. The average molecular weight is 284 g/mol. The summed E-state index contributed by atoms with van der Waals surface area (Å²) in [6.07, 6.45) is 2.00. The number of morpholine rings is 1. The number of hydrogen-bond donors (Lipinski definition) is 0. The van der Waals surface area contributed by atoms with Crippen LogP contribution in [0.2, 0.25) is 0 Å². The van der Waals surface area contributed by atoms with Gasteiger partial charge in [0.15, 0.2) is 0 Å². The maximum atomic E-state index is 12.3. The number of carbonyl (C=O) groups excluding carboxylic acids is 1. The van der Waals surface area contributed by atoms with Crippen LogP contribution < -0.4 is 0 Å². The van der Waals surface area contributed by atoms with Crippen molar-refractivity contribution in [3.63, 3.8) is 0 Å². The Morgan fingerprint density at radius 1 is 1.38 bits per heavy atom. The second kappa shape index (κ2) is 5.98. The zero-order valence-electron chi connectivity index (χ0n) is 11.6. The Balaban J connectivity index is 1.67. The first-order valence-corrected chi connectivity index (χ1v) is 6.95. The molecule has 1 fully saturated rings. The molecule has 1 saturated heterocycles. The molecule has 2 atom stereocenters. The molecule has 0 radical (unpaired) electrons. The third kappa shape index (κ3) is 2.91. The van der Waals surface area contributed by atoms with Crippen molar-refractivity contribution >= 4 is 6.09 Å². The molecule has 2 aliphatic heterocycles. The van der Waals surface area contributed by atoms with Crippen LogP contribution >= 0.6 is 0 Å². The largest absolute Gasteiger partial charge is 0.445 e. The Hall–Kier alpha value is -2.32. The van der Waals surface area contributed by atoms with Crippen LogP contribution in [0.1, 0.15) is 12.0 Å². The van der Waals surface area contributed by atoms with Crippen molar-refractivity contribution in [3.8, 4) is 6.07 Å². The SMILES string of the molecule is N#CC1=CC2COCC(C1)N2C(=O)OCc1ccccc1. The van der Waals surface area contributed by atoms with Gasteiger partial charge in [-0.1, -0.05) is 30.3 Å². The fourth-order valence-corrected chi connectivity index (χ4v) is 2.76. The first-order chi connectivity index (χ1) is 10.3. The van der Waals surface area contributed by atoms with Crippen molar-refractivity contribution in [3.05, 3.63) is 47.5 Å². The molecule has 0 aliphatic carbocycles. The highest BCUT2D eigenvalue weighted by molar-refractivity contribution is 5.69. The Kier molecular flexibility index (Phi) is 3.89. The molecule has 0 N–H and O–H groups in total. The molecule has 2 aliphatic rings. The smallest absolute Gasteiger partial charge is 0.411 e. The van der Waals surface area contributed by atoms with Gasteiger partial charge in [-0.05, 0) is 11.6 Å². The molecule has 0 spiro atoms. The summed E-state index contributed by atoms with van der Waals surface area (Å²) in [6, 6.07) is 11.5. The van der Waals surface area contributed by atoms with Crippen LogP contribution in [0.4, 0.5) is 4.79 Å².